The molecule has 1 saturated carbocycles. The van der Waals surface area contributed by atoms with Gasteiger partial charge in [0.05, 0.1) is 12.7 Å². The lowest BCUT2D eigenvalue weighted by atomic mass is 9.71. The van der Waals surface area contributed by atoms with Crippen molar-refractivity contribution in [1.82, 2.24) is 4.98 Å². The van der Waals surface area contributed by atoms with Gasteiger partial charge in [-0.3, -0.25) is 0 Å². The smallest absolute Gasteiger partial charge is 0.125 e. The molecule has 0 spiro atoms. The predicted molar refractivity (Wildman–Crippen MR) is 88.4 cm³/mol. The number of nitrogens with zero attached hydrogens (tertiary/aromatic N) is 1. The first-order chi connectivity index (χ1) is 9.98. The molecule has 1 aliphatic rings. The number of hydrogen-bond acceptors (Lipinski definition) is 3. The van der Waals surface area contributed by atoms with Crippen molar-refractivity contribution in [2.45, 2.75) is 66.1 Å². The Morgan fingerprint density at radius 1 is 1.33 bits per heavy atom. The van der Waals surface area contributed by atoms with Crippen molar-refractivity contribution < 1.29 is 4.74 Å². The van der Waals surface area contributed by atoms with E-state index in [0.29, 0.717) is 18.1 Å². The van der Waals surface area contributed by atoms with Crippen LogP contribution in [0.2, 0.25) is 0 Å². The molecule has 21 heavy (non-hydrogen) atoms. The number of hydrogen-bond donors (Lipinski definition) is 1. The lowest BCUT2D eigenvalue weighted by molar-refractivity contribution is -0.0316. The summed E-state index contributed by atoms with van der Waals surface area (Å²) < 4.78 is 6.14. The van der Waals surface area contributed by atoms with Gasteiger partial charge in [0, 0.05) is 12.7 Å². The normalized spacial score (nSPS) is 24.8. The van der Waals surface area contributed by atoms with Gasteiger partial charge in [0.25, 0.3) is 0 Å². The Morgan fingerprint density at radius 2 is 2.14 bits per heavy atom. The van der Waals surface area contributed by atoms with E-state index >= 15 is 0 Å². The minimum Gasteiger partial charge on any atom is -0.373 e. The maximum absolute atomic E-state index is 6.14. The minimum absolute atomic E-state index is 0.390. The predicted octanol–water partition coefficient (Wildman–Crippen LogP) is 4.63. The van der Waals surface area contributed by atoms with Gasteiger partial charge in [-0.25, -0.2) is 4.98 Å². The van der Waals surface area contributed by atoms with Crippen molar-refractivity contribution in [3.63, 3.8) is 0 Å². The molecule has 0 saturated heterocycles. The first kappa shape index (κ1) is 16.3. The summed E-state index contributed by atoms with van der Waals surface area (Å²) in [6.07, 6.45) is 7.10. The molecule has 1 aromatic heterocycles. The van der Waals surface area contributed by atoms with Crippen molar-refractivity contribution >= 4 is 5.82 Å². The van der Waals surface area contributed by atoms with Crippen molar-refractivity contribution in [2.75, 3.05) is 11.9 Å². The summed E-state index contributed by atoms with van der Waals surface area (Å²) in [4.78, 5) is 4.43. The molecule has 1 aromatic rings. The van der Waals surface area contributed by atoms with E-state index in [9.17, 15) is 0 Å². The van der Waals surface area contributed by atoms with Crippen LogP contribution >= 0.6 is 0 Å². The zero-order valence-corrected chi connectivity index (χ0v) is 14.0. The maximum atomic E-state index is 6.14. The van der Waals surface area contributed by atoms with Crippen LogP contribution in [-0.2, 0) is 11.3 Å². The van der Waals surface area contributed by atoms with Gasteiger partial charge in [-0.1, -0.05) is 33.8 Å². The van der Waals surface area contributed by atoms with Gasteiger partial charge < -0.3 is 10.1 Å². The Morgan fingerprint density at radius 3 is 2.76 bits per heavy atom. The molecule has 0 aliphatic heterocycles. The Labute approximate surface area is 129 Å². The van der Waals surface area contributed by atoms with Gasteiger partial charge in [-0.2, -0.15) is 0 Å². The lowest BCUT2D eigenvalue weighted by Crippen LogP contribution is -2.32. The molecule has 2 atom stereocenters. The molecular formula is C18H30N2O. The maximum Gasteiger partial charge on any atom is 0.125 e. The molecule has 0 aromatic carbocycles. The van der Waals surface area contributed by atoms with Gasteiger partial charge in [0.15, 0.2) is 0 Å². The van der Waals surface area contributed by atoms with E-state index in [1.54, 1.807) is 0 Å². The summed E-state index contributed by atoms with van der Waals surface area (Å²) in [5, 5.41) is 3.29. The van der Waals surface area contributed by atoms with Gasteiger partial charge in [0.1, 0.15) is 5.82 Å². The molecule has 1 N–H and O–H groups in total. The van der Waals surface area contributed by atoms with E-state index in [1.807, 2.05) is 12.3 Å². The Hall–Kier alpha value is -1.09. The third kappa shape index (κ3) is 5.31. The van der Waals surface area contributed by atoms with Gasteiger partial charge in [-0.05, 0) is 48.6 Å². The molecule has 3 nitrogen and oxygen atoms in total. The second-order valence-electron chi connectivity index (χ2n) is 7.32. The van der Waals surface area contributed by atoms with Crippen molar-refractivity contribution in [3.05, 3.63) is 23.9 Å². The van der Waals surface area contributed by atoms with Crippen LogP contribution in [-0.4, -0.2) is 17.6 Å². The third-order valence-electron chi connectivity index (χ3n) is 4.21. The van der Waals surface area contributed by atoms with Crippen LogP contribution in [0.5, 0.6) is 0 Å². The first-order valence-electron chi connectivity index (χ1n) is 8.29. The Bertz CT molecular complexity index is 427. The first-order valence-corrected chi connectivity index (χ1v) is 8.29. The highest BCUT2D eigenvalue weighted by Gasteiger charge is 2.32. The fraction of sp³-hybridized carbons (Fsp3) is 0.722. The second-order valence-corrected chi connectivity index (χ2v) is 7.32. The van der Waals surface area contributed by atoms with E-state index in [0.717, 1.165) is 30.3 Å². The van der Waals surface area contributed by atoms with Crippen LogP contribution in [0.3, 0.4) is 0 Å². The van der Waals surface area contributed by atoms with Gasteiger partial charge >= 0.3 is 0 Å². The van der Waals surface area contributed by atoms with E-state index in [2.05, 4.69) is 44.1 Å². The molecule has 3 heteroatoms. The molecule has 0 bridgehead atoms. The molecular weight excluding hydrogens is 260 g/mol. The fourth-order valence-corrected chi connectivity index (χ4v) is 3.47. The average molecular weight is 290 g/mol. The monoisotopic (exact) mass is 290 g/mol. The molecule has 118 valence electrons. The highest BCUT2D eigenvalue weighted by Crippen LogP contribution is 2.39. The zero-order chi connectivity index (χ0) is 15.3. The van der Waals surface area contributed by atoms with E-state index in [-0.39, 0.29) is 0 Å². The number of anilines is 1. The van der Waals surface area contributed by atoms with Gasteiger partial charge in [0.2, 0.25) is 0 Å². The number of nitrogens with one attached hydrogen (secondary N) is 1. The second kappa shape index (κ2) is 7.26. The van der Waals surface area contributed by atoms with Crippen LogP contribution in [0.25, 0.3) is 0 Å². The zero-order valence-electron chi connectivity index (χ0n) is 14.0. The number of pyridine rings is 1. The average Bonchev–Trinajstić information content (AvgIpc) is 2.42. The summed E-state index contributed by atoms with van der Waals surface area (Å²) in [7, 11) is 0. The molecule has 1 heterocycles. The number of rotatable bonds is 6. The van der Waals surface area contributed by atoms with Crippen LogP contribution in [0.4, 0.5) is 5.82 Å². The van der Waals surface area contributed by atoms with E-state index < -0.39 is 0 Å². The summed E-state index contributed by atoms with van der Waals surface area (Å²) in [6, 6.07) is 4.16. The number of ether oxygens (including phenoxy) is 1. The van der Waals surface area contributed by atoms with Crippen LogP contribution < -0.4 is 5.32 Å². The summed E-state index contributed by atoms with van der Waals surface area (Å²) in [5.41, 5.74) is 1.57. The molecule has 0 radical (unpaired) electrons. The Kier molecular flexibility index (Phi) is 5.63. The fourth-order valence-electron chi connectivity index (χ4n) is 3.47. The number of aromatic nitrogens is 1. The van der Waals surface area contributed by atoms with Crippen molar-refractivity contribution in [2.24, 2.45) is 11.3 Å². The summed E-state index contributed by atoms with van der Waals surface area (Å²) in [5.74, 6) is 1.71. The molecule has 1 fully saturated rings. The molecule has 0 amide bonds. The van der Waals surface area contributed by atoms with Crippen molar-refractivity contribution in [1.29, 1.82) is 0 Å². The van der Waals surface area contributed by atoms with Crippen LogP contribution in [0.1, 0.15) is 58.9 Å². The minimum atomic E-state index is 0.390. The molecule has 2 unspecified atom stereocenters. The molecule has 1 aliphatic carbocycles. The highest BCUT2D eigenvalue weighted by molar-refractivity contribution is 5.35. The Balaban J connectivity index is 1.82. The SMILES string of the molecule is CCCNc1ccc(COC2CC(C)CC(C)(C)C2)cn1. The van der Waals surface area contributed by atoms with Crippen LogP contribution in [0, 0.1) is 11.3 Å². The van der Waals surface area contributed by atoms with Crippen LogP contribution in [0.15, 0.2) is 18.3 Å². The summed E-state index contributed by atoms with van der Waals surface area (Å²) >= 11 is 0. The largest absolute Gasteiger partial charge is 0.373 e. The van der Waals surface area contributed by atoms with Crippen molar-refractivity contribution in [3.8, 4) is 0 Å². The standard InChI is InChI=1S/C18H30N2O/c1-5-8-19-17-7-6-15(12-20-17)13-21-16-9-14(2)10-18(3,4)11-16/h6-7,12,14,16H,5,8-11,13H2,1-4H3,(H,19,20). The lowest BCUT2D eigenvalue weighted by Gasteiger charge is -2.38. The van der Waals surface area contributed by atoms with E-state index in [4.69, 9.17) is 4.74 Å². The molecule has 2 rings (SSSR count). The van der Waals surface area contributed by atoms with Gasteiger partial charge in [-0.15, -0.1) is 0 Å². The van der Waals surface area contributed by atoms with E-state index in [1.165, 1.54) is 19.3 Å². The summed E-state index contributed by atoms with van der Waals surface area (Å²) in [6.45, 7) is 10.9. The highest BCUT2D eigenvalue weighted by atomic mass is 16.5. The topological polar surface area (TPSA) is 34.1 Å². The quantitative estimate of drug-likeness (QED) is 0.829. The third-order valence-corrected chi connectivity index (χ3v) is 4.21.